The van der Waals surface area contributed by atoms with Crippen LogP contribution in [0.2, 0.25) is 0 Å². The highest BCUT2D eigenvalue weighted by Gasteiger charge is 2.41. The number of aromatic hydroxyl groups is 1. The van der Waals surface area contributed by atoms with Gasteiger partial charge < -0.3 is 10.4 Å². The average Bonchev–Trinajstić information content (AvgIpc) is 2.75. The number of Topliss-reactive ketones (excluding diaryl/α,β-unsaturated/α-hetero) is 1. The van der Waals surface area contributed by atoms with Crippen molar-refractivity contribution in [1.29, 1.82) is 0 Å². The van der Waals surface area contributed by atoms with E-state index in [9.17, 15) is 9.90 Å². The number of rotatable bonds is 1. The largest absolute Gasteiger partial charge is 0.507 e. The van der Waals surface area contributed by atoms with Crippen LogP contribution < -0.4 is 5.32 Å². The van der Waals surface area contributed by atoms with Crippen molar-refractivity contribution >= 4 is 27.8 Å². The third kappa shape index (κ3) is 4.03. The van der Waals surface area contributed by atoms with Crippen molar-refractivity contribution < 1.29 is 9.90 Å². The lowest BCUT2D eigenvalue weighted by atomic mass is 9.67. The molecule has 0 bridgehead atoms. The number of benzene rings is 3. The fourth-order valence-corrected chi connectivity index (χ4v) is 6.05. The van der Waals surface area contributed by atoms with Gasteiger partial charge in [-0.25, -0.2) is 0 Å². The highest BCUT2D eigenvalue weighted by Crippen LogP contribution is 2.53. The molecule has 3 heteroatoms. The number of carbonyl (C=O) groups excluding carboxylic acids is 1. The van der Waals surface area contributed by atoms with E-state index < -0.39 is 0 Å². The number of phenols is 1. The van der Waals surface area contributed by atoms with Crippen LogP contribution in [0.1, 0.15) is 96.5 Å². The topological polar surface area (TPSA) is 49.3 Å². The van der Waals surface area contributed by atoms with Crippen molar-refractivity contribution in [3.8, 4) is 5.75 Å². The molecular formula is C33H39NO2. The van der Waals surface area contributed by atoms with Crippen molar-refractivity contribution in [2.24, 2.45) is 5.41 Å². The SMILES string of the molecule is CC1(C)CC(=O)C2=C(C1)c1c(ccc3ccccc13)NC2c1cc(C(C)(C)C)c(O)c(C(C)(C)C)c1. The molecule has 1 heterocycles. The standard InChI is InChI=1S/C33H39NO2/c1-31(2,3)23-15-20(16-24(30(23)36)32(4,5)6)29-28-22(17-33(7,8)18-26(28)35)27-21-12-10-9-11-19(21)13-14-25(27)34-29/h9-16,29,34,36H,17-18H2,1-8H3. The van der Waals surface area contributed by atoms with Crippen LogP contribution in [-0.2, 0) is 15.6 Å². The second-order valence-electron chi connectivity index (χ2n) is 13.6. The highest BCUT2D eigenvalue weighted by atomic mass is 16.3. The molecule has 188 valence electrons. The summed E-state index contributed by atoms with van der Waals surface area (Å²) in [6.07, 6.45) is 1.41. The smallest absolute Gasteiger partial charge is 0.162 e. The van der Waals surface area contributed by atoms with Crippen LogP contribution >= 0.6 is 0 Å². The van der Waals surface area contributed by atoms with Crippen molar-refractivity contribution in [2.45, 2.75) is 85.1 Å². The van der Waals surface area contributed by atoms with Crippen LogP contribution in [0.25, 0.3) is 16.3 Å². The Kier molecular flexibility index (Phi) is 5.45. The summed E-state index contributed by atoms with van der Waals surface area (Å²) < 4.78 is 0. The third-order valence-electron chi connectivity index (χ3n) is 7.82. The Morgan fingerprint density at radius 2 is 1.50 bits per heavy atom. The molecule has 5 rings (SSSR count). The Morgan fingerprint density at radius 1 is 0.889 bits per heavy atom. The monoisotopic (exact) mass is 481 g/mol. The first-order chi connectivity index (χ1) is 16.7. The zero-order chi connectivity index (χ0) is 26.2. The Morgan fingerprint density at radius 3 is 2.11 bits per heavy atom. The van der Waals surface area contributed by atoms with Gasteiger partial charge >= 0.3 is 0 Å². The van der Waals surface area contributed by atoms with Gasteiger partial charge in [0, 0.05) is 23.2 Å². The van der Waals surface area contributed by atoms with Crippen LogP contribution in [0.15, 0.2) is 54.1 Å². The van der Waals surface area contributed by atoms with Crippen molar-refractivity contribution in [3.63, 3.8) is 0 Å². The predicted molar refractivity (Wildman–Crippen MR) is 151 cm³/mol. The minimum atomic E-state index is -0.250. The summed E-state index contributed by atoms with van der Waals surface area (Å²) in [6.45, 7) is 17.2. The van der Waals surface area contributed by atoms with Gasteiger partial charge in [-0.2, -0.15) is 0 Å². The van der Waals surface area contributed by atoms with E-state index in [1.165, 1.54) is 21.9 Å². The first-order valence-corrected chi connectivity index (χ1v) is 13.1. The second kappa shape index (κ2) is 7.96. The normalized spacial score (nSPS) is 19.7. The van der Waals surface area contributed by atoms with E-state index in [-0.39, 0.29) is 28.1 Å². The molecule has 0 saturated heterocycles. The maximum absolute atomic E-state index is 13.9. The van der Waals surface area contributed by atoms with Crippen molar-refractivity contribution in [1.82, 2.24) is 0 Å². The predicted octanol–water partition coefficient (Wildman–Crippen LogP) is 8.45. The summed E-state index contributed by atoms with van der Waals surface area (Å²) in [4.78, 5) is 13.9. The van der Waals surface area contributed by atoms with Gasteiger partial charge in [-0.3, -0.25) is 4.79 Å². The molecule has 1 aliphatic carbocycles. The summed E-state index contributed by atoms with van der Waals surface area (Å²) in [5, 5.41) is 17.5. The van der Waals surface area contributed by atoms with E-state index in [2.05, 4.69) is 109 Å². The Bertz CT molecular complexity index is 1390. The number of nitrogens with one attached hydrogen (secondary N) is 1. The molecule has 1 aliphatic heterocycles. The molecular weight excluding hydrogens is 442 g/mol. The zero-order valence-corrected chi connectivity index (χ0v) is 23.0. The van der Waals surface area contributed by atoms with Crippen LogP contribution in [-0.4, -0.2) is 10.9 Å². The molecule has 2 aliphatic rings. The number of anilines is 1. The molecule has 36 heavy (non-hydrogen) atoms. The number of carbonyl (C=O) groups is 1. The van der Waals surface area contributed by atoms with Gasteiger partial charge in [0.2, 0.25) is 0 Å². The van der Waals surface area contributed by atoms with E-state index in [0.29, 0.717) is 12.2 Å². The molecule has 3 nitrogen and oxygen atoms in total. The summed E-state index contributed by atoms with van der Waals surface area (Å²) in [6, 6.07) is 16.8. The van der Waals surface area contributed by atoms with Gasteiger partial charge in [0.1, 0.15) is 5.75 Å². The number of phenolic OH excluding ortho intramolecular Hbond substituents is 1. The number of ketones is 1. The summed E-state index contributed by atoms with van der Waals surface area (Å²) in [5.74, 6) is 0.589. The highest BCUT2D eigenvalue weighted by molar-refractivity contribution is 6.12. The fraction of sp³-hybridized carbons (Fsp3) is 0.424. The minimum absolute atomic E-state index is 0.0892. The zero-order valence-electron chi connectivity index (χ0n) is 23.0. The molecule has 2 N–H and O–H groups in total. The molecule has 0 fully saturated rings. The minimum Gasteiger partial charge on any atom is -0.507 e. The maximum atomic E-state index is 13.9. The lowest BCUT2D eigenvalue weighted by Gasteiger charge is -2.41. The van der Waals surface area contributed by atoms with Gasteiger partial charge in [-0.1, -0.05) is 85.7 Å². The van der Waals surface area contributed by atoms with E-state index >= 15 is 0 Å². The molecule has 3 aromatic rings. The molecule has 0 amide bonds. The first-order valence-electron chi connectivity index (χ1n) is 13.1. The van der Waals surface area contributed by atoms with Crippen molar-refractivity contribution in [3.05, 3.63) is 76.4 Å². The van der Waals surface area contributed by atoms with E-state index in [1.54, 1.807) is 0 Å². The van der Waals surface area contributed by atoms with Crippen LogP contribution in [0, 0.1) is 5.41 Å². The van der Waals surface area contributed by atoms with E-state index in [1.807, 2.05) is 0 Å². The lowest BCUT2D eigenvalue weighted by molar-refractivity contribution is -0.118. The van der Waals surface area contributed by atoms with Crippen LogP contribution in [0.4, 0.5) is 5.69 Å². The number of hydrogen-bond donors (Lipinski definition) is 2. The number of allylic oxidation sites excluding steroid dienone is 1. The molecule has 1 unspecified atom stereocenters. The van der Waals surface area contributed by atoms with Crippen LogP contribution in [0.5, 0.6) is 5.75 Å². The molecule has 1 atom stereocenters. The van der Waals surface area contributed by atoms with Crippen molar-refractivity contribution in [2.75, 3.05) is 5.32 Å². The second-order valence-corrected chi connectivity index (χ2v) is 13.6. The first kappa shape index (κ1) is 24.6. The third-order valence-corrected chi connectivity index (χ3v) is 7.82. The summed E-state index contributed by atoms with van der Waals surface area (Å²) in [5.41, 5.74) is 6.63. The number of fused-ring (bicyclic) bond motifs is 4. The molecule has 0 radical (unpaired) electrons. The lowest BCUT2D eigenvalue weighted by Crippen LogP contribution is -2.33. The fourth-order valence-electron chi connectivity index (χ4n) is 6.05. The molecule has 0 aromatic heterocycles. The Hall–Kier alpha value is -3.07. The molecule has 0 spiro atoms. The summed E-state index contributed by atoms with van der Waals surface area (Å²) in [7, 11) is 0. The van der Waals surface area contributed by atoms with Gasteiger partial charge in [0.05, 0.1) is 6.04 Å². The Balaban J connectivity index is 1.81. The van der Waals surface area contributed by atoms with E-state index in [4.69, 9.17) is 0 Å². The quantitative estimate of drug-likeness (QED) is 0.366. The van der Waals surface area contributed by atoms with Gasteiger partial charge in [-0.05, 0) is 73.9 Å². The van der Waals surface area contributed by atoms with E-state index in [0.717, 1.165) is 34.4 Å². The Labute approximate surface area is 215 Å². The number of hydrogen-bond acceptors (Lipinski definition) is 3. The van der Waals surface area contributed by atoms with Gasteiger partial charge in [-0.15, -0.1) is 0 Å². The summed E-state index contributed by atoms with van der Waals surface area (Å²) >= 11 is 0. The average molecular weight is 482 g/mol. The molecule has 0 saturated carbocycles. The maximum Gasteiger partial charge on any atom is 0.162 e. The molecule has 3 aromatic carbocycles. The van der Waals surface area contributed by atoms with Gasteiger partial charge in [0.25, 0.3) is 0 Å². The van der Waals surface area contributed by atoms with Crippen LogP contribution in [0.3, 0.4) is 0 Å². The van der Waals surface area contributed by atoms with Gasteiger partial charge in [0.15, 0.2) is 5.78 Å².